The van der Waals surface area contributed by atoms with Gasteiger partial charge in [0.15, 0.2) is 0 Å². The molecular weight excluding hydrogens is 179 g/mol. The maximum absolute atomic E-state index is 5.53. The summed E-state index contributed by atoms with van der Waals surface area (Å²) in [6.45, 7) is 0.845. The van der Waals surface area contributed by atoms with Crippen LogP contribution in [0.1, 0.15) is 25.5 Å². The van der Waals surface area contributed by atoms with Gasteiger partial charge in [-0.15, -0.1) is 0 Å². The molecule has 13 heavy (non-hydrogen) atoms. The summed E-state index contributed by atoms with van der Waals surface area (Å²) in [6.07, 6.45) is 5.44. The van der Waals surface area contributed by atoms with Crippen LogP contribution >= 0.6 is 0 Å². The first-order valence-corrected chi connectivity index (χ1v) is 4.61. The fourth-order valence-corrected chi connectivity index (χ4v) is 1.57. The van der Waals surface area contributed by atoms with E-state index in [4.69, 9.17) is 17.4 Å². The maximum atomic E-state index is 5.53. The van der Waals surface area contributed by atoms with Crippen molar-refractivity contribution in [2.75, 3.05) is 6.61 Å². The Morgan fingerprint density at radius 3 is 2.92 bits per heavy atom. The van der Waals surface area contributed by atoms with Crippen LogP contribution < -0.4 is 18.9 Å². The van der Waals surface area contributed by atoms with Crippen LogP contribution in [0.2, 0.25) is 0 Å². The van der Waals surface area contributed by atoms with Crippen LogP contribution in [0, 0.1) is 0 Å². The number of ether oxygens (including phenoxy) is 1. The van der Waals surface area contributed by atoms with Gasteiger partial charge < -0.3 is 17.4 Å². The van der Waals surface area contributed by atoms with Gasteiger partial charge in [0.05, 0.1) is 0 Å². The Morgan fingerprint density at radius 1 is 1.54 bits per heavy atom. The molecule has 0 radical (unpaired) electrons. The third kappa shape index (κ3) is 2.71. The monoisotopic (exact) mass is 190 g/mol. The summed E-state index contributed by atoms with van der Waals surface area (Å²) in [5.41, 5.74) is 0. The molecular formula is C8H11LiN2OS. The summed E-state index contributed by atoms with van der Waals surface area (Å²) in [5, 5.41) is 4.78. The maximum Gasteiger partial charge on any atom is 1.00 e. The van der Waals surface area contributed by atoms with Crippen molar-refractivity contribution < 1.29 is 23.6 Å². The van der Waals surface area contributed by atoms with E-state index in [1.165, 1.54) is 12.8 Å². The van der Waals surface area contributed by atoms with E-state index in [-0.39, 0.29) is 25.1 Å². The smallest absolute Gasteiger partial charge is 0.758 e. The SMILES string of the molecule is [Li+].[S-]c1ccn(C2CCCCO2)n1. The van der Waals surface area contributed by atoms with Crippen LogP contribution in [0.5, 0.6) is 0 Å². The van der Waals surface area contributed by atoms with Crippen molar-refractivity contribution >= 4 is 12.6 Å². The molecule has 0 saturated carbocycles. The van der Waals surface area contributed by atoms with Gasteiger partial charge in [0.25, 0.3) is 0 Å². The first-order chi connectivity index (χ1) is 5.86. The molecule has 3 nitrogen and oxygen atoms in total. The molecule has 1 saturated heterocycles. The molecule has 0 aliphatic carbocycles. The predicted octanol–water partition coefficient (Wildman–Crippen LogP) is -1.51. The van der Waals surface area contributed by atoms with Crippen LogP contribution in [0.25, 0.3) is 0 Å². The summed E-state index contributed by atoms with van der Waals surface area (Å²) < 4.78 is 7.35. The van der Waals surface area contributed by atoms with Crippen LogP contribution in [0.4, 0.5) is 0 Å². The topological polar surface area (TPSA) is 27.1 Å². The van der Waals surface area contributed by atoms with Crippen molar-refractivity contribution in [2.45, 2.75) is 30.5 Å². The molecule has 1 aliphatic heterocycles. The molecule has 1 aromatic rings. The molecule has 0 N–H and O–H groups in total. The first-order valence-electron chi connectivity index (χ1n) is 4.20. The minimum Gasteiger partial charge on any atom is -0.758 e. The van der Waals surface area contributed by atoms with Gasteiger partial charge in [0, 0.05) is 12.8 Å². The summed E-state index contributed by atoms with van der Waals surface area (Å²) in [5.74, 6) is 0. The van der Waals surface area contributed by atoms with E-state index >= 15 is 0 Å². The van der Waals surface area contributed by atoms with E-state index in [1.54, 1.807) is 0 Å². The third-order valence-corrected chi connectivity index (χ3v) is 2.25. The molecule has 1 aromatic heterocycles. The average molecular weight is 190 g/mol. The van der Waals surface area contributed by atoms with E-state index in [1.807, 2.05) is 16.9 Å². The van der Waals surface area contributed by atoms with Crippen LogP contribution in [0.3, 0.4) is 0 Å². The summed E-state index contributed by atoms with van der Waals surface area (Å²) in [6, 6.07) is 1.83. The Balaban J connectivity index is 0.000000845. The zero-order valence-corrected chi connectivity index (χ0v) is 8.59. The molecule has 0 amide bonds. The second-order valence-corrected chi connectivity index (χ2v) is 3.37. The van der Waals surface area contributed by atoms with Crippen molar-refractivity contribution in [1.29, 1.82) is 0 Å². The Morgan fingerprint density at radius 2 is 2.38 bits per heavy atom. The fraction of sp³-hybridized carbons (Fsp3) is 0.625. The van der Waals surface area contributed by atoms with E-state index in [0.29, 0.717) is 5.03 Å². The number of nitrogens with zero attached hydrogens (tertiary/aromatic N) is 2. The van der Waals surface area contributed by atoms with Gasteiger partial charge >= 0.3 is 18.9 Å². The van der Waals surface area contributed by atoms with Crippen molar-refractivity contribution in [1.82, 2.24) is 9.78 Å². The van der Waals surface area contributed by atoms with E-state index in [2.05, 4.69) is 5.10 Å². The number of hydrogen-bond donors (Lipinski definition) is 0. The molecule has 1 unspecified atom stereocenters. The molecule has 1 fully saturated rings. The second-order valence-electron chi connectivity index (χ2n) is 2.96. The summed E-state index contributed by atoms with van der Waals surface area (Å²) in [7, 11) is 0. The van der Waals surface area contributed by atoms with Gasteiger partial charge in [0.1, 0.15) is 6.23 Å². The summed E-state index contributed by atoms with van der Waals surface area (Å²) >= 11 is 4.91. The minimum absolute atomic E-state index is 0. The summed E-state index contributed by atoms with van der Waals surface area (Å²) in [4.78, 5) is 0. The minimum atomic E-state index is 0. The van der Waals surface area contributed by atoms with Crippen LogP contribution in [-0.4, -0.2) is 16.4 Å². The van der Waals surface area contributed by atoms with Crippen molar-refractivity contribution in [3.8, 4) is 0 Å². The number of aromatic nitrogens is 2. The molecule has 0 spiro atoms. The average Bonchev–Trinajstić information content (AvgIpc) is 2.54. The zero-order chi connectivity index (χ0) is 8.39. The Labute approximate surface area is 95.4 Å². The van der Waals surface area contributed by atoms with Gasteiger partial charge in [-0.05, 0) is 25.3 Å². The molecule has 0 aromatic carbocycles. The fourth-order valence-electron chi connectivity index (χ4n) is 1.41. The van der Waals surface area contributed by atoms with Crippen molar-refractivity contribution in [2.24, 2.45) is 0 Å². The molecule has 66 valence electrons. The van der Waals surface area contributed by atoms with Gasteiger partial charge in [-0.2, -0.15) is 0 Å². The largest absolute Gasteiger partial charge is 1.00 e. The molecule has 1 atom stereocenters. The van der Waals surface area contributed by atoms with E-state index < -0.39 is 0 Å². The predicted molar refractivity (Wildman–Crippen MR) is 46.7 cm³/mol. The molecule has 1 aliphatic rings. The third-order valence-electron chi connectivity index (χ3n) is 2.03. The van der Waals surface area contributed by atoms with Crippen LogP contribution in [0.15, 0.2) is 17.3 Å². The Kier molecular flexibility index (Phi) is 4.27. The molecule has 2 heterocycles. The number of rotatable bonds is 1. The Hall–Kier alpha value is -0.0126. The van der Waals surface area contributed by atoms with E-state index in [9.17, 15) is 0 Å². The second kappa shape index (κ2) is 5.01. The molecule has 5 heteroatoms. The molecule has 0 bridgehead atoms. The Bertz CT molecular complexity index is 260. The van der Waals surface area contributed by atoms with Crippen molar-refractivity contribution in [3.63, 3.8) is 0 Å². The van der Waals surface area contributed by atoms with Crippen LogP contribution in [-0.2, 0) is 17.4 Å². The van der Waals surface area contributed by atoms with E-state index in [0.717, 1.165) is 13.0 Å². The number of hydrogen-bond acceptors (Lipinski definition) is 3. The van der Waals surface area contributed by atoms with Crippen molar-refractivity contribution in [3.05, 3.63) is 12.3 Å². The van der Waals surface area contributed by atoms with Gasteiger partial charge in [-0.1, -0.05) is 5.03 Å². The zero-order valence-electron chi connectivity index (χ0n) is 7.77. The normalized spacial score (nSPS) is 22.3. The van der Waals surface area contributed by atoms with Gasteiger partial charge in [-0.3, -0.25) is 0 Å². The first kappa shape index (κ1) is 11.1. The van der Waals surface area contributed by atoms with Gasteiger partial charge in [0.2, 0.25) is 0 Å². The standard InChI is InChI=1S/C8H12N2OS.Li/c12-7-4-5-10(9-7)8-3-1-2-6-11-8;/h4-5,8H,1-3,6H2,(H,9,12);/q;+1/p-1. The molecule has 2 rings (SSSR count). The quantitative estimate of drug-likeness (QED) is 0.398. The van der Waals surface area contributed by atoms with Gasteiger partial charge in [-0.25, -0.2) is 9.78 Å².